The average molecular weight is 164 g/mol. The van der Waals surface area contributed by atoms with Gasteiger partial charge < -0.3 is 4.42 Å². The lowest BCUT2D eigenvalue weighted by atomic mass is 10.2. The molecule has 1 aromatic heterocycles. The molecule has 1 heterocycles. The molecule has 1 rings (SSSR count). The molecule has 1 nitrogen and oxygen atoms in total. The summed E-state index contributed by atoms with van der Waals surface area (Å²) in [4.78, 5) is 0. The van der Waals surface area contributed by atoms with Gasteiger partial charge in [0.05, 0.1) is 6.26 Å². The quantitative estimate of drug-likeness (QED) is 0.602. The lowest BCUT2D eigenvalue weighted by molar-refractivity contribution is 0.556. The Kier molecular flexibility index (Phi) is 4.28. The largest absolute Gasteiger partial charge is 0.465 e. The normalized spacial score (nSPS) is 11.1. The van der Waals surface area contributed by atoms with Crippen LogP contribution in [0.15, 0.2) is 28.9 Å². The molecule has 0 spiro atoms. The molecule has 0 saturated carbocycles. The predicted molar refractivity (Wildman–Crippen MR) is 51.9 cm³/mol. The summed E-state index contributed by atoms with van der Waals surface area (Å²) in [7, 11) is 0. The third-order valence-electron chi connectivity index (χ3n) is 1.80. The van der Waals surface area contributed by atoms with Gasteiger partial charge in [-0.25, -0.2) is 0 Å². The Bertz CT molecular complexity index is 209. The van der Waals surface area contributed by atoms with E-state index >= 15 is 0 Å². The average Bonchev–Trinajstić information content (AvgIpc) is 2.57. The lowest BCUT2D eigenvalue weighted by Crippen LogP contribution is -1.70. The summed E-state index contributed by atoms with van der Waals surface area (Å²) in [5.41, 5.74) is 0. The molecular weight excluding hydrogens is 148 g/mol. The number of hydrogen-bond donors (Lipinski definition) is 0. The highest BCUT2D eigenvalue weighted by molar-refractivity contribution is 5.41. The molecule has 0 N–H and O–H groups in total. The van der Waals surface area contributed by atoms with Crippen LogP contribution in [0.4, 0.5) is 0 Å². The highest BCUT2D eigenvalue weighted by Gasteiger charge is 1.86. The van der Waals surface area contributed by atoms with Crippen molar-refractivity contribution in [3.8, 4) is 0 Å². The second-order valence-corrected chi connectivity index (χ2v) is 2.91. The first-order chi connectivity index (χ1) is 5.93. The third kappa shape index (κ3) is 3.42. The molecule has 0 bridgehead atoms. The van der Waals surface area contributed by atoms with Crippen molar-refractivity contribution in [2.75, 3.05) is 0 Å². The predicted octanol–water partition coefficient (Wildman–Crippen LogP) is 3.87. The molecule has 66 valence electrons. The molecule has 1 aromatic rings. The van der Waals surface area contributed by atoms with Gasteiger partial charge in [-0.15, -0.1) is 0 Å². The molecular formula is C11H16O. The van der Waals surface area contributed by atoms with Crippen molar-refractivity contribution in [3.05, 3.63) is 30.2 Å². The van der Waals surface area contributed by atoms with Gasteiger partial charge in [0.15, 0.2) is 0 Å². The van der Waals surface area contributed by atoms with E-state index in [0.29, 0.717) is 0 Å². The van der Waals surface area contributed by atoms with Crippen LogP contribution in [-0.2, 0) is 0 Å². The number of furan rings is 1. The van der Waals surface area contributed by atoms with E-state index in [4.69, 9.17) is 4.42 Å². The topological polar surface area (TPSA) is 13.1 Å². The zero-order valence-electron chi connectivity index (χ0n) is 7.62. The van der Waals surface area contributed by atoms with Gasteiger partial charge in [-0.3, -0.25) is 0 Å². The fourth-order valence-corrected chi connectivity index (χ4v) is 1.10. The molecule has 0 amide bonds. The highest BCUT2D eigenvalue weighted by Crippen LogP contribution is 2.05. The van der Waals surface area contributed by atoms with Crippen LogP contribution in [-0.4, -0.2) is 0 Å². The molecule has 0 fully saturated rings. The van der Waals surface area contributed by atoms with Gasteiger partial charge in [0.25, 0.3) is 0 Å². The number of hydrogen-bond acceptors (Lipinski definition) is 1. The molecule has 0 aliphatic carbocycles. The Balaban J connectivity index is 2.14. The van der Waals surface area contributed by atoms with E-state index in [1.165, 1.54) is 19.3 Å². The summed E-state index contributed by atoms with van der Waals surface area (Å²) >= 11 is 0. The van der Waals surface area contributed by atoms with Crippen molar-refractivity contribution in [3.63, 3.8) is 0 Å². The Morgan fingerprint density at radius 1 is 1.42 bits per heavy atom. The minimum atomic E-state index is 0.950. The first kappa shape index (κ1) is 9.11. The summed E-state index contributed by atoms with van der Waals surface area (Å²) in [6.07, 6.45) is 11.0. The summed E-state index contributed by atoms with van der Waals surface area (Å²) in [5, 5.41) is 0. The van der Waals surface area contributed by atoms with E-state index in [1.807, 2.05) is 18.2 Å². The Hall–Kier alpha value is -0.980. The van der Waals surface area contributed by atoms with Crippen LogP contribution >= 0.6 is 0 Å². The minimum Gasteiger partial charge on any atom is -0.465 e. The van der Waals surface area contributed by atoms with Crippen molar-refractivity contribution in [1.82, 2.24) is 0 Å². The first-order valence-electron chi connectivity index (χ1n) is 4.63. The van der Waals surface area contributed by atoms with Gasteiger partial charge in [0.1, 0.15) is 5.76 Å². The van der Waals surface area contributed by atoms with Gasteiger partial charge in [0.2, 0.25) is 0 Å². The molecule has 0 unspecified atom stereocenters. The van der Waals surface area contributed by atoms with Crippen LogP contribution in [0.1, 0.15) is 38.4 Å². The van der Waals surface area contributed by atoms with Crippen LogP contribution in [0.5, 0.6) is 0 Å². The maximum atomic E-state index is 5.15. The van der Waals surface area contributed by atoms with Crippen molar-refractivity contribution in [2.24, 2.45) is 0 Å². The second kappa shape index (κ2) is 5.64. The van der Waals surface area contributed by atoms with Gasteiger partial charge in [-0.2, -0.15) is 0 Å². The van der Waals surface area contributed by atoms with E-state index in [0.717, 1.165) is 12.2 Å². The van der Waals surface area contributed by atoms with Crippen LogP contribution in [0.2, 0.25) is 0 Å². The number of unbranched alkanes of at least 4 members (excludes halogenated alkanes) is 3. The number of rotatable bonds is 5. The van der Waals surface area contributed by atoms with E-state index in [9.17, 15) is 0 Å². The summed E-state index contributed by atoms with van der Waals surface area (Å²) in [6.45, 7) is 2.22. The molecule has 1 heteroatoms. The SMILES string of the molecule is CCCCC/C=C/c1ccco1. The summed E-state index contributed by atoms with van der Waals surface area (Å²) < 4.78 is 5.15. The van der Waals surface area contributed by atoms with E-state index < -0.39 is 0 Å². The summed E-state index contributed by atoms with van der Waals surface area (Å²) in [6, 6.07) is 3.88. The smallest absolute Gasteiger partial charge is 0.126 e. The van der Waals surface area contributed by atoms with Crippen LogP contribution in [0.3, 0.4) is 0 Å². The maximum absolute atomic E-state index is 5.15. The molecule has 0 aliphatic heterocycles. The maximum Gasteiger partial charge on any atom is 0.126 e. The van der Waals surface area contributed by atoms with Crippen LogP contribution in [0.25, 0.3) is 6.08 Å². The Morgan fingerprint density at radius 3 is 3.00 bits per heavy atom. The van der Waals surface area contributed by atoms with Crippen molar-refractivity contribution in [1.29, 1.82) is 0 Å². The van der Waals surface area contributed by atoms with Gasteiger partial charge in [0, 0.05) is 0 Å². The Morgan fingerprint density at radius 2 is 2.33 bits per heavy atom. The lowest BCUT2D eigenvalue weighted by Gasteiger charge is -1.90. The molecule has 0 aliphatic rings. The van der Waals surface area contributed by atoms with Crippen LogP contribution < -0.4 is 0 Å². The highest BCUT2D eigenvalue weighted by atomic mass is 16.3. The Labute approximate surface area is 74.1 Å². The molecule has 0 aromatic carbocycles. The van der Waals surface area contributed by atoms with Crippen molar-refractivity contribution >= 4 is 6.08 Å². The first-order valence-corrected chi connectivity index (χ1v) is 4.63. The fourth-order valence-electron chi connectivity index (χ4n) is 1.10. The molecule has 0 atom stereocenters. The van der Waals surface area contributed by atoms with Gasteiger partial charge in [-0.1, -0.05) is 25.8 Å². The van der Waals surface area contributed by atoms with Gasteiger partial charge >= 0.3 is 0 Å². The molecule has 12 heavy (non-hydrogen) atoms. The van der Waals surface area contributed by atoms with Crippen molar-refractivity contribution < 1.29 is 4.42 Å². The monoisotopic (exact) mass is 164 g/mol. The molecule has 0 radical (unpaired) electrons. The third-order valence-corrected chi connectivity index (χ3v) is 1.80. The van der Waals surface area contributed by atoms with E-state index in [-0.39, 0.29) is 0 Å². The van der Waals surface area contributed by atoms with Crippen LogP contribution in [0, 0.1) is 0 Å². The van der Waals surface area contributed by atoms with E-state index in [2.05, 4.69) is 13.0 Å². The van der Waals surface area contributed by atoms with E-state index in [1.54, 1.807) is 6.26 Å². The number of allylic oxidation sites excluding steroid dienone is 1. The molecule has 0 saturated heterocycles. The van der Waals surface area contributed by atoms with Gasteiger partial charge in [-0.05, 0) is 31.1 Å². The fraction of sp³-hybridized carbons (Fsp3) is 0.455. The second-order valence-electron chi connectivity index (χ2n) is 2.91. The standard InChI is InChI=1S/C11H16O/c1-2-3-4-5-6-8-11-9-7-10-12-11/h6-10H,2-5H2,1H3/b8-6+. The zero-order valence-corrected chi connectivity index (χ0v) is 7.62. The zero-order chi connectivity index (χ0) is 8.65. The minimum absolute atomic E-state index is 0.950. The van der Waals surface area contributed by atoms with Crippen molar-refractivity contribution in [2.45, 2.75) is 32.6 Å². The summed E-state index contributed by atoms with van der Waals surface area (Å²) in [5.74, 6) is 0.950.